The molecule has 1 aliphatic carbocycles. The van der Waals surface area contributed by atoms with Gasteiger partial charge in [0.1, 0.15) is 0 Å². The van der Waals surface area contributed by atoms with E-state index in [1.165, 1.54) is 61.0 Å². The van der Waals surface area contributed by atoms with Gasteiger partial charge >= 0.3 is 0 Å². The molecule has 0 radical (unpaired) electrons. The minimum atomic E-state index is -0.146. The summed E-state index contributed by atoms with van der Waals surface area (Å²) in [7, 11) is 0. The van der Waals surface area contributed by atoms with E-state index in [1.807, 2.05) is 0 Å². The van der Waals surface area contributed by atoms with Gasteiger partial charge in [-0.05, 0) is 57.0 Å². The van der Waals surface area contributed by atoms with Gasteiger partial charge in [-0.2, -0.15) is 0 Å². The van der Waals surface area contributed by atoms with Crippen molar-refractivity contribution in [3.63, 3.8) is 0 Å². The van der Waals surface area contributed by atoms with Gasteiger partial charge in [0.05, 0.1) is 11.4 Å². The van der Waals surface area contributed by atoms with E-state index in [1.54, 1.807) is 0 Å². The number of anilines is 3. The van der Waals surface area contributed by atoms with Crippen molar-refractivity contribution in [1.82, 2.24) is 0 Å². The zero-order valence-electron chi connectivity index (χ0n) is 25.0. The molecule has 0 saturated carbocycles. The van der Waals surface area contributed by atoms with Gasteiger partial charge in [-0.1, -0.05) is 159 Å². The summed E-state index contributed by atoms with van der Waals surface area (Å²) in [6, 6.07) is 59.4. The Balaban J connectivity index is 1.59. The summed E-state index contributed by atoms with van der Waals surface area (Å²) < 4.78 is 0. The molecular weight excluding hydrogens is 530 g/mol. The van der Waals surface area contributed by atoms with Gasteiger partial charge in [0.25, 0.3) is 0 Å². The number of para-hydroxylation sites is 2. The molecular formula is C43H33N. The van der Waals surface area contributed by atoms with Crippen molar-refractivity contribution in [1.29, 1.82) is 0 Å². The van der Waals surface area contributed by atoms with Gasteiger partial charge in [-0.25, -0.2) is 0 Å². The molecule has 1 heteroatoms. The topological polar surface area (TPSA) is 3.24 Å². The fourth-order valence-corrected chi connectivity index (χ4v) is 7.33. The van der Waals surface area contributed by atoms with Crippen molar-refractivity contribution in [3.05, 3.63) is 175 Å². The molecule has 210 valence electrons. The first kappa shape index (κ1) is 26.2. The maximum Gasteiger partial charge on any atom is 0.0625 e. The van der Waals surface area contributed by atoms with E-state index in [4.69, 9.17) is 0 Å². The van der Waals surface area contributed by atoms with Crippen LogP contribution in [0, 0.1) is 0 Å². The minimum absolute atomic E-state index is 0.146. The molecule has 0 aromatic heterocycles. The van der Waals surface area contributed by atoms with Crippen LogP contribution < -0.4 is 4.90 Å². The maximum atomic E-state index is 2.50. The number of fused-ring (bicyclic) bond motifs is 5. The number of nitrogens with zero attached hydrogens (tertiary/aromatic N) is 1. The van der Waals surface area contributed by atoms with Gasteiger partial charge in [-0.15, -0.1) is 0 Å². The molecule has 44 heavy (non-hydrogen) atoms. The lowest BCUT2D eigenvalue weighted by atomic mass is 9.78. The lowest BCUT2D eigenvalue weighted by Gasteiger charge is -2.33. The third kappa shape index (κ3) is 4.01. The predicted octanol–water partition coefficient (Wildman–Crippen LogP) is 11.9. The first-order valence-electron chi connectivity index (χ1n) is 15.4. The zero-order chi connectivity index (χ0) is 29.7. The van der Waals surface area contributed by atoms with Crippen LogP contribution in [0.4, 0.5) is 17.1 Å². The zero-order valence-corrected chi connectivity index (χ0v) is 25.0. The van der Waals surface area contributed by atoms with Crippen LogP contribution in [-0.4, -0.2) is 0 Å². The molecule has 0 aliphatic heterocycles. The van der Waals surface area contributed by atoms with Crippen LogP contribution in [0.1, 0.15) is 25.0 Å². The van der Waals surface area contributed by atoms with Gasteiger partial charge in [0.2, 0.25) is 0 Å². The Morgan fingerprint density at radius 2 is 0.955 bits per heavy atom. The van der Waals surface area contributed by atoms with E-state index in [-0.39, 0.29) is 5.41 Å². The van der Waals surface area contributed by atoms with Crippen LogP contribution >= 0.6 is 0 Å². The second-order valence-corrected chi connectivity index (χ2v) is 12.1. The molecule has 0 saturated heterocycles. The Morgan fingerprint density at radius 1 is 0.432 bits per heavy atom. The first-order chi connectivity index (χ1) is 21.6. The van der Waals surface area contributed by atoms with Crippen LogP contribution in [0.5, 0.6) is 0 Å². The predicted molar refractivity (Wildman–Crippen MR) is 187 cm³/mol. The Hall–Kier alpha value is -5.40. The summed E-state index contributed by atoms with van der Waals surface area (Å²) in [5, 5.41) is 2.55. The summed E-state index contributed by atoms with van der Waals surface area (Å²) >= 11 is 0. The number of rotatable bonds is 5. The summed E-state index contributed by atoms with van der Waals surface area (Å²) in [5.74, 6) is 0. The standard InChI is InChI=1S/C43H33N/c1-43(2)37-28-16-14-27-36(37)40-39(31-20-8-4-9-21-31)42(35-26-13-12-25-34(35)41(40)43)44(32-22-10-5-11-23-32)38-29-17-15-24-33(38)30-18-6-3-7-19-30/h3-29H,1-2H3. The fraction of sp³-hybridized carbons (Fsp3) is 0.0698. The van der Waals surface area contributed by atoms with E-state index in [0.29, 0.717) is 0 Å². The van der Waals surface area contributed by atoms with Crippen molar-refractivity contribution < 1.29 is 0 Å². The first-order valence-corrected chi connectivity index (χ1v) is 15.4. The highest BCUT2D eigenvalue weighted by atomic mass is 15.1. The highest BCUT2D eigenvalue weighted by Crippen LogP contribution is 2.59. The summed E-state index contributed by atoms with van der Waals surface area (Å²) in [4.78, 5) is 2.50. The molecule has 0 fully saturated rings. The van der Waals surface area contributed by atoms with Crippen molar-refractivity contribution in [2.75, 3.05) is 4.90 Å². The third-order valence-electron chi connectivity index (χ3n) is 9.21. The maximum absolute atomic E-state index is 2.50. The van der Waals surface area contributed by atoms with Gasteiger partial charge in [0.15, 0.2) is 0 Å². The number of benzene rings is 7. The molecule has 0 unspecified atom stereocenters. The average Bonchev–Trinajstić information content (AvgIpc) is 3.33. The van der Waals surface area contributed by atoms with Crippen LogP contribution in [0.25, 0.3) is 44.2 Å². The molecule has 1 aliphatic rings. The van der Waals surface area contributed by atoms with E-state index in [9.17, 15) is 0 Å². The Morgan fingerprint density at radius 3 is 1.66 bits per heavy atom. The van der Waals surface area contributed by atoms with Crippen LogP contribution in [0.15, 0.2) is 164 Å². The lowest BCUT2D eigenvalue weighted by molar-refractivity contribution is 0.666. The molecule has 0 spiro atoms. The number of hydrogen-bond donors (Lipinski definition) is 0. The summed E-state index contributed by atoms with van der Waals surface area (Å²) in [5.41, 5.74) is 13.7. The molecule has 0 amide bonds. The second kappa shape index (κ2) is 10.4. The largest absolute Gasteiger partial charge is 0.309 e. The third-order valence-corrected chi connectivity index (χ3v) is 9.21. The SMILES string of the molecule is CC1(C)c2ccccc2-c2c(-c3ccccc3)c(N(c3ccccc3)c3ccccc3-c3ccccc3)c3ccccc3c21. The smallest absolute Gasteiger partial charge is 0.0625 e. The molecule has 0 atom stereocenters. The Labute approximate surface area is 259 Å². The lowest BCUT2D eigenvalue weighted by Crippen LogP contribution is -2.17. The summed E-state index contributed by atoms with van der Waals surface area (Å²) in [6.45, 7) is 4.77. The highest BCUT2D eigenvalue weighted by Gasteiger charge is 2.40. The van der Waals surface area contributed by atoms with Gasteiger partial charge < -0.3 is 4.90 Å². The molecule has 1 nitrogen and oxygen atoms in total. The Kier molecular flexibility index (Phi) is 6.20. The average molecular weight is 564 g/mol. The highest BCUT2D eigenvalue weighted by molar-refractivity contribution is 6.16. The number of hydrogen-bond acceptors (Lipinski definition) is 1. The molecule has 8 rings (SSSR count). The van der Waals surface area contributed by atoms with Crippen LogP contribution in [0.3, 0.4) is 0 Å². The minimum Gasteiger partial charge on any atom is -0.309 e. The summed E-state index contributed by atoms with van der Waals surface area (Å²) in [6.07, 6.45) is 0. The Bertz CT molecular complexity index is 2130. The molecule has 0 heterocycles. The van der Waals surface area contributed by atoms with Crippen molar-refractivity contribution >= 4 is 27.8 Å². The van der Waals surface area contributed by atoms with Crippen molar-refractivity contribution in [3.8, 4) is 33.4 Å². The van der Waals surface area contributed by atoms with Crippen LogP contribution in [-0.2, 0) is 5.41 Å². The quantitative estimate of drug-likeness (QED) is 0.201. The van der Waals surface area contributed by atoms with Gasteiger partial charge in [-0.3, -0.25) is 0 Å². The molecule has 0 bridgehead atoms. The molecule has 7 aromatic rings. The van der Waals surface area contributed by atoms with E-state index >= 15 is 0 Å². The fourth-order valence-electron chi connectivity index (χ4n) is 7.33. The van der Waals surface area contributed by atoms with Crippen LogP contribution in [0.2, 0.25) is 0 Å². The van der Waals surface area contributed by atoms with E-state index < -0.39 is 0 Å². The van der Waals surface area contributed by atoms with E-state index in [0.717, 1.165) is 11.4 Å². The monoisotopic (exact) mass is 563 g/mol. The van der Waals surface area contributed by atoms with E-state index in [2.05, 4.69) is 183 Å². The van der Waals surface area contributed by atoms with Gasteiger partial charge in [0, 0.05) is 27.6 Å². The molecule has 0 N–H and O–H groups in total. The van der Waals surface area contributed by atoms with Crippen molar-refractivity contribution in [2.24, 2.45) is 0 Å². The van der Waals surface area contributed by atoms with Crippen molar-refractivity contribution in [2.45, 2.75) is 19.3 Å². The molecule has 7 aromatic carbocycles. The normalized spacial score (nSPS) is 13.0. The second-order valence-electron chi connectivity index (χ2n) is 12.1.